The molecule has 2 fully saturated rings. The molecular weight excluding hydrogens is 494 g/mol. The van der Waals surface area contributed by atoms with Crippen molar-refractivity contribution in [3.05, 3.63) is 81.0 Å². The molecule has 1 saturated heterocycles. The second-order valence-corrected chi connectivity index (χ2v) is 10.7. The van der Waals surface area contributed by atoms with Crippen molar-refractivity contribution in [1.82, 2.24) is 24.7 Å². The van der Waals surface area contributed by atoms with Gasteiger partial charge in [0.25, 0.3) is 5.56 Å². The number of aromatic nitrogens is 2. The van der Waals surface area contributed by atoms with E-state index in [2.05, 4.69) is 27.7 Å². The summed E-state index contributed by atoms with van der Waals surface area (Å²) in [6, 6.07) is 17.4. The van der Waals surface area contributed by atoms with Gasteiger partial charge in [-0.15, -0.1) is 0 Å². The first kappa shape index (κ1) is 26.9. The lowest BCUT2D eigenvalue weighted by molar-refractivity contribution is -0.123. The third-order valence-electron chi connectivity index (χ3n) is 7.92. The molecule has 2 aliphatic rings. The van der Waals surface area contributed by atoms with Gasteiger partial charge in [0, 0.05) is 44.7 Å². The number of hydrogen-bond donors (Lipinski definition) is 2. The maximum absolute atomic E-state index is 13.4. The number of nitrogens with zero attached hydrogens (tertiary/aromatic N) is 3. The number of likely N-dealkylation sites (tertiary alicyclic amines) is 1. The lowest BCUT2D eigenvalue weighted by atomic mass is 10.0. The minimum atomic E-state index is -0.567. The van der Waals surface area contributed by atoms with Gasteiger partial charge in [-0.2, -0.15) is 0 Å². The SMILES string of the molecule is O=C(CCn1c(=O)c2ccccc2n(CC(=O)NC2CCCC2)c1=O)NC1CCN(Cc2ccccc2)CC1. The number of rotatable bonds is 9. The molecule has 3 aromatic rings. The maximum atomic E-state index is 13.4. The summed E-state index contributed by atoms with van der Waals surface area (Å²) in [5.41, 5.74) is 0.701. The van der Waals surface area contributed by atoms with Crippen LogP contribution in [-0.2, 0) is 29.2 Å². The molecule has 2 N–H and O–H groups in total. The third kappa shape index (κ3) is 6.65. The average molecular weight is 532 g/mol. The molecule has 1 aromatic heterocycles. The van der Waals surface area contributed by atoms with Crippen molar-refractivity contribution in [3.8, 4) is 0 Å². The van der Waals surface area contributed by atoms with Crippen LogP contribution >= 0.6 is 0 Å². The minimum absolute atomic E-state index is 0.0198. The Bertz CT molecular complexity index is 1420. The maximum Gasteiger partial charge on any atom is 0.331 e. The monoisotopic (exact) mass is 531 g/mol. The van der Waals surface area contributed by atoms with Crippen LogP contribution in [-0.4, -0.2) is 51.0 Å². The summed E-state index contributed by atoms with van der Waals surface area (Å²) in [5.74, 6) is -0.419. The van der Waals surface area contributed by atoms with Crippen molar-refractivity contribution in [1.29, 1.82) is 0 Å². The average Bonchev–Trinajstić information content (AvgIpc) is 3.45. The van der Waals surface area contributed by atoms with Gasteiger partial charge in [0.15, 0.2) is 0 Å². The van der Waals surface area contributed by atoms with Crippen molar-refractivity contribution in [2.24, 2.45) is 0 Å². The zero-order valence-corrected chi connectivity index (χ0v) is 22.3. The van der Waals surface area contributed by atoms with E-state index in [1.807, 2.05) is 18.2 Å². The fourth-order valence-electron chi connectivity index (χ4n) is 5.80. The number of carbonyl (C=O) groups is 2. The van der Waals surface area contributed by atoms with Gasteiger partial charge in [-0.3, -0.25) is 28.4 Å². The smallest absolute Gasteiger partial charge is 0.331 e. The van der Waals surface area contributed by atoms with E-state index in [4.69, 9.17) is 0 Å². The highest BCUT2D eigenvalue weighted by atomic mass is 16.2. The van der Waals surface area contributed by atoms with Gasteiger partial charge in [-0.1, -0.05) is 55.3 Å². The van der Waals surface area contributed by atoms with Crippen LogP contribution in [0.5, 0.6) is 0 Å². The first-order valence-corrected chi connectivity index (χ1v) is 14.1. The molecule has 0 spiro atoms. The van der Waals surface area contributed by atoms with Crippen molar-refractivity contribution in [2.45, 2.75) is 76.7 Å². The molecule has 1 aliphatic heterocycles. The Balaban J connectivity index is 1.21. The number of para-hydroxylation sites is 1. The number of carbonyl (C=O) groups excluding carboxylic acids is 2. The van der Waals surface area contributed by atoms with Crippen LogP contribution in [0.1, 0.15) is 50.5 Å². The molecule has 2 aromatic carbocycles. The molecule has 5 rings (SSSR count). The molecule has 2 heterocycles. The molecule has 9 nitrogen and oxygen atoms in total. The molecule has 1 aliphatic carbocycles. The number of piperidine rings is 1. The quantitative estimate of drug-likeness (QED) is 0.441. The van der Waals surface area contributed by atoms with Gasteiger partial charge < -0.3 is 10.6 Å². The van der Waals surface area contributed by atoms with E-state index in [0.29, 0.717) is 10.9 Å². The molecular formula is C30H37N5O4. The van der Waals surface area contributed by atoms with E-state index in [9.17, 15) is 19.2 Å². The molecule has 0 unspecified atom stereocenters. The molecule has 1 saturated carbocycles. The second-order valence-electron chi connectivity index (χ2n) is 10.7. The molecule has 9 heteroatoms. The summed E-state index contributed by atoms with van der Waals surface area (Å²) in [6.07, 6.45) is 5.81. The Morgan fingerprint density at radius 3 is 2.15 bits per heavy atom. The third-order valence-corrected chi connectivity index (χ3v) is 7.92. The summed E-state index contributed by atoms with van der Waals surface area (Å²) in [4.78, 5) is 54.5. The molecule has 0 radical (unpaired) electrons. The van der Waals surface area contributed by atoms with Crippen LogP contribution in [0.15, 0.2) is 64.2 Å². The zero-order valence-electron chi connectivity index (χ0n) is 22.3. The Hall–Kier alpha value is -3.72. The van der Waals surface area contributed by atoms with Crippen molar-refractivity contribution >= 4 is 22.7 Å². The molecule has 0 atom stereocenters. The van der Waals surface area contributed by atoms with E-state index in [-0.39, 0.29) is 43.4 Å². The van der Waals surface area contributed by atoms with Gasteiger partial charge in [-0.25, -0.2) is 4.79 Å². The normalized spacial score (nSPS) is 16.9. The van der Waals surface area contributed by atoms with Gasteiger partial charge in [0.2, 0.25) is 11.8 Å². The number of benzene rings is 2. The van der Waals surface area contributed by atoms with E-state index in [1.165, 1.54) is 10.1 Å². The van der Waals surface area contributed by atoms with E-state index < -0.39 is 11.2 Å². The van der Waals surface area contributed by atoms with E-state index >= 15 is 0 Å². The second kappa shape index (κ2) is 12.4. The molecule has 2 amide bonds. The Morgan fingerprint density at radius 2 is 1.41 bits per heavy atom. The predicted molar refractivity (Wildman–Crippen MR) is 150 cm³/mol. The number of fused-ring (bicyclic) bond motifs is 1. The highest BCUT2D eigenvalue weighted by Gasteiger charge is 2.22. The van der Waals surface area contributed by atoms with Crippen molar-refractivity contribution in [3.63, 3.8) is 0 Å². The van der Waals surface area contributed by atoms with Crippen LogP contribution in [0.25, 0.3) is 10.9 Å². The summed E-state index contributed by atoms with van der Waals surface area (Å²) in [7, 11) is 0. The number of nitrogens with one attached hydrogen (secondary N) is 2. The Labute approximate surface area is 227 Å². The first-order chi connectivity index (χ1) is 19.0. The van der Waals surface area contributed by atoms with Gasteiger partial charge in [0.05, 0.1) is 10.9 Å². The van der Waals surface area contributed by atoms with Gasteiger partial charge >= 0.3 is 5.69 Å². The standard InChI is InChI=1S/C30H37N5O4/c36-27(31-24-14-17-33(18-15-24)20-22-8-2-1-3-9-22)16-19-34-29(38)25-12-6-7-13-26(25)35(30(34)39)21-28(37)32-23-10-4-5-11-23/h1-3,6-9,12-13,23-24H,4-5,10-11,14-21H2,(H,31,36)(H,32,37). The number of amides is 2. The molecule has 206 valence electrons. The van der Waals surface area contributed by atoms with Crippen LogP contribution in [0.4, 0.5) is 0 Å². The fourth-order valence-corrected chi connectivity index (χ4v) is 5.80. The lowest BCUT2D eigenvalue weighted by Crippen LogP contribution is -2.46. The van der Waals surface area contributed by atoms with E-state index in [0.717, 1.165) is 62.7 Å². The van der Waals surface area contributed by atoms with E-state index in [1.54, 1.807) is 24.3 Å². The van der Waals surface area contributed by atoms with Crippen LogP contribution < -0.4 is 21.9 Å². The lowest BCUT2D eigenvalue weighted by Gasteiger charge is -2.32. The summed E-state index contributed by atoms with van der Waals surface area (Å²) < 4.78 is 2.44. The highest BCUT2D eigenvalue weighted by Crippen LogP contribution is 2.18. The number of hydrogen-bond acceptors (Lipinski definition) is 5. The summed E-state index contributed by atoms with van der Waals surface area (Å²) in [5, 5.41) is 6.45. The van der Waals surface area contributed by atoms with Crippen LogP contribution in [0, 0.1) is 0 Å². The topological polar surface area (TPSA) is 105 Å². The minimum Gasteiger partial charge on any atom is -0.353 e. The fraction of sp³-hybridized carbons (Fsp3) is 0.467. The highest BCUT2D eigenvalue weighted by molar-refractivity contribution is 5.82. The van der Waals surface area contributed by atoms with Gasteiger partial charge in [-0.05, 0) is 43.4 Å². The van der Waals surface area contributed by atoms with Gasteiger partial charge in [0.1, 0.15) is 6.54 Å². The summed E-state index contributed by atoms with van der Waals surface area (Å²) in [6.45, 7) is 2.50. The van der Waals surface area contributed by atoms with Crippen molar-refractivity contribution in [2.75, 3.05) is 13.1 Å². The zero-order chi connectivity index (χ0) is 27.2. The largest absolute Gasteiger partial charge is 0.353 e. The molecule has 0 bridgehead atoms. The molecule has 39 heavy (non-hydrogen) atoms. The Morgan fingerprint density at radius 1 is 0.769 bits per heavy atom. The van der Waals surface area contributed by atoms with Crippen LogP contribution in [0.3, 0.4) is 0 Å². The first-order valence-electron chi connectivity index (χ1n) is 14.1. The van der Waals surface area contributed by atoms with Crippen LogP contribution in [0.2, 0.25) is 0 Å². The predicted octanol–water partition coefficient (Wildman–Crippen LogP) is 2.39. The van der Waals surface area contributed by atoms with Crippen molar-refractivity contribution < 1.29 is 9.59 Å². The summed E-state index contributed by atoms with van der Waals surface area (Å²) >= 11 is 0. The Kier molecular flexibility index (Phi) is 8.56.